The molecule has 1 atom stereocenters. The van der Waals surface area contributed by atoms with E-state index >= 15 is 4.39 Å². The summed E-state index contributed by atoms with van der Waals surface area (Å²) in [6.07, 6.45) is 6.45. The van der Waals surface area contributed by atoms with Crippen LogP contribution >= 0.6 is 11.6 Å². The van der Waals surface area contributed by atoms with Crippen molar-refractivity contribution in [2.45, 2.75) is 70.8 Å². The molecule has 0 saturated heterocycles. The van der Waals surface area contributed by atoms with Crippen molar-refractivity contribution < 1.29 is 18.5 Å². The minimum atomic E-state index is -2.14. The van der Waals surface area contributed by atoms with Crippen molar-refractivity contribution in [3.05, 3.63) is 81.9 Å². The van der Waals surface area contributed by atoms with Crippen molar-refractivity contribution in [3.8, 4) is 16.9 Å². The van der Waals surface area contributed by atoms with Crippen LogP contribution in [-0.2, 0) is 10.0 Å². The summed E-state index contributed by atoms with van der Waals surface area (Å²) in [6.45, 7) is 18.4. The van der Waals surface area contributed by atoms with Gasteiger partial charge in [-0.3, -0.25) is 10.1 Å². The number of hydrogen-bond acceptors (Lipinski definition) is 8. The Kier molecular flexibility index (Phi) is 9.57. The quantitative estimate of drug-likeness (QED) is 0.0768. The molecule has 0 aliphatic heterocycles. The monoisotopic (exact) mass is 601 g/mol. The molecule has 12 heteroatoms. The van der Waals surface area contributed by atoms with Gasteiger partial charge in [0.1, 0.15) is 22.4 Å². The Morgan fingerprint density at radius 3 is 2.37 bits per heavy atom. The van der Waals surface area contributed by atoms with E-state index in [0.29, 0.717) is 29.1 Å². The minimum Gasteiger partial charge on any atom is -0.555 e. The zero-order valence-corrected chi connectivity index (χ0v) is 26.5. The summed E-state index contributed by atoms with van der Waals surface area (Å²) in [5.74, 6) is 0.115. The highest BCUT2D eigenvalue weighted by Gasteiger charge is 2.33. The van der Waals surface area contributed by atoms with Crippen LogP contribution < -0.4 is 10.1 Å². The molecule has 3 aromatic rings. The molecule has 3 rings (SSSR count). The summed E-state index contributed by atoms with van der Waals surface area (Å²) < 4.78 is 27.3. The third-order valence-corrected chi connectivity index (χ3v) is 12.2. The van der Waals surface area contributed by atoms with Gasteiger partial charge >= 0.3 is 0 Å². The third-order valence-electron chi connectivity index (χ3n) is 7.30. The van der Waals surface area contributed by atoms with Crippen LogP contribution in [0.2, 0.25) is 23.3 Å². The highest BCUT2D eigenvalue weighted by Crippen LogP contribution is 2.42. The van der Waals surface area contributed by atoms with E-state index in [0.717, 1.165) is 6.07 Å². The molecular weight excluding hydrogens is 565 g/mol. The molecule has 9 nitrogen and oxygen atoms in total. The SMILES string of the molecule is C=CC[C@@H](Nc1cc(-c2cnc(C(C)(C)O[Si-](C)(C)C(C)(C)C)nc2)c(F)cc1[N+](=O)[O-])c1c(OC)ccnc1Cl. The van der Waals surface area contributed by atoms with Crippen molar-refractivity contribution in [1.29, 1.82) is 0 Å². The van der Waals surface area contributed by atoms with E-state index in [1.54, 1.807) is 12.1 Å². The van der Waals surface area contributed by atoms with Crippen molar-refractivity contribution >= 4 is 31.3 Å². The van der Waals surface area contributed by atoms with Crippen LogP contribution in [0.15, 0.2) is 49.4 Å². The zero-order chi connectivity index (χ0) is 30.8. The smallest absolute Gasteiger partial charge is 0.295 e. The molecule has 0 unspecified atom stereocenters. The topological polar surface area (TPSA) is 112 Å². The molecule has 0 radical (unpaired) electrons. The van der Waals surface area contributed by atoms with Gasteiger partial charge < -0.3 is 14.5 Å². The van der Waals surface area contributed by atoms with Gasteiger partial charge in [-0.15, -0.1) is 24.7 Å². The van der Waals surface area contributed by atoms with E-state index in [9.17, 15) is 10.1 Å². The first kappa shape index (κ1) is 32.1. The maximum atomic E-state index is 15.3. The van der Waals surface area contributed by atoms with Gasteiger partial charge in [0.15, 0.2) is 5.82 Å². The lowest BCUT2D eigenvalue weighted by Crippen LogP contribution is -2.46. The van der Waals surface area contributed by atoms with Gasteiger partial charge in [0, 0.05) is 29.7 Å². The number of nitro groups is 1. The molecule has 0 aliphatic rings. The van der Waals surface area contributed by atoms with Crippen LogP contribution in [0.5, 0.6) is 5.75 Å². The van der Waals surface area contributed by atoms with Crippen LogP contribution in [0.3, 0.4) is 0 Å². The second-order valence-electron chi connectivity index (χ2n) is 11.7. The van der Waals surface area contributed by atoms with Crippen molar-refractivity contribution in [3.63, 3.8) is 0 Å². The van der Waals surface area contributed by atoms with E-state index in [1.165, 1.54) is 31.8 Å². The summed E-state index contributed by atoms with van der Waals surface area (Å²) in [5.41, 5.74) is -0.207. The van der Waals surface area contributed by atoms with E-state index < -0.39 is 36.4 Å². The van der Waals surface area contributed by atoms with Crippen molar-refractivity contribution in [2.24, 2.45) is 0 Å². The van der Waals surface area contributed by atoms with Crippen molar-refractivity contribution in [1.82, 2.24) is 15.0 Å². The predicted octanol–water partition coefficient (Wildman–Crippen LogP) is 8.23. The maximum absolute atomic E-state index is 15.3. The Balaban J connectivity index is 2.04. The molecule has 0 amide bonds. The van der Waals surface area contributed by atoms with Crippen LogP contribution in [0, 0.1) is 15.9 Å². The molecule has 221 valence electrons. The number of pyridine rings is 1. The molecule has 0 bridgehead atoms. The number of methoxy groups -OCH3 is 1. The first-order valence-electron chi connectivity index (χ1n) is 13.1. The maximum Gasteiger partial charge on any atom is 0.295 e. The fourth-order valence-electron chi connectivity index (χ4n) is 4.19. The van der Waals surface area contributed by atoms with Gasteiger partial charge in [0.05, 0.1) is 35.3 Å². The number of nitrogens with zero attached hydrogens (tertiary/aromatic N) is 4. The molecule has 41 heavy (non-hydrogen) atoms. The average Bonchev–Trinajstić information content (AvgIpc) is 2.87. The first-order valence-corrected chi connectivity index (χ1v) is 16.4. The number of aromatic nitrogens is 3. The highest BCUT2D eigenvalue weighted by molar-refractivity contribution is 6.74. The van der Waals surface area contributed by atoms with Gasteiger partial charge in [-0.1, -0.05) is 38.4 Å². The number of nitrogens with one attached hydrogen (secondary N) is 1. The molecule has 0 aliphatic carbocycles. The molecule has 1 aromatic carbocycles. The normalized spacial score (nSPS) is 13.0. The minimum absolute atomic E-state index is 0.0109. The number of halogens is 2. The fraction of sp³-hybridized carbons (Fsp3) is 0.414. The third kappa shape index (κ3) is 7.09. The Hall–Kier alpha value is -3.41. The van der Waals surface area contributed by atoms with Crippen LogP contribution in [0.25, 0.3) is 11.1 Å². The average molecular weight is 602 g/mol. The summed E-state index contributed by atoms with van der Waals surface area (Å²) in [4.78, 5) is 24.4. The van der Waals surface area contributed by atoms with E-state index in [-0.39, 0.29) is 21.4 Å². The van der Waals surface area contributed by atoms with E-state index in [2.05, 4.69) is 60.7 Å². The van der Waals surface area contributed by atoms with Gasteiger partial charge in [-0.05, 0) is 40.7 Å². The Bertz CT molecular complexity index is 1430. The molecule has 0 fully saturated rings. The second-order valence-corrected chi connectivity index (χ2v) is 16.8. The van der Waals surface area contributed by atoms with E-state index in [1.807, 2.05) is 13.8 Å². The highest BCUT2D eigenvalue weighted by atomic mass is 35.5. The molecular formula is C29H37ClFN5O4Si-. The molecule has 1 N–H and O–H groups in total. The Labute approximate surface area is 246 Å². The lowest BCUT2D eigenvalue weighted by Gasteiger charge is -2.53. The Morgan fingerprint density at radius 2 is 1.83 bits per heavy atom. The summed E-state index contributed by atoms with van der Waals surface area (Å²) in [5, 5.41) is 15.2. The van der Waals surface area contributed by atoms with Gasteiger partial charge in [-0.25, -0.2) is 19.3 Å². The van der Waals surface area contributed by atoms with Gasteiger partial charge in [0.25, 0.3) is 5.69 Å². The van der Waals surface area contributed by atoms with Gasteiger partial charge in [-0.2, -0.15) is 0 Å². The van der Waals surface area contributed by atoms with Gasteiger partial charge in [0.2, 0.25) is 0 Å². The fourth-order valence-corrected chi connectivity index (χ4v) is 6.15. The Morgan fingerprint density at radius 1 is 1.20 bits per heavy atom. The number of rotatable bonds is 11. The lowest BCUT2D eigenvalue weighted by atomic mass is 10.0. The number of hydrogen-bond donors (Lipinski definition) is 1. The zero-order valence-electron chi connectivity index (χ0n) is 24.7. The second kappa shape index (κ2) is 12.2. The van der Waals surface area contributed by atoms with E-state index in [4.69, 9.17) is 20.8 Å². The number of benzene rings is 1. The first-order chi connectivity index (χ1) is 19.0. The molecule has 2 aromatic heterocycles. The summed E-state index contributed by atoms with van der Waals surface area (Å²) >= 11 is 6.39. The predicted molar refractivity (Wildman–Crippen MR) is 162 cm³/mol. The van der Waals surface area contributed by atoms with Crippen molar-refractivity contribution in [2.75, 3.05) is 12.4 Å². The van der Waals surface area contributed by atoms with Crippen LogP contribution in [0.1, 0.15) is 58.5 Å². The molecule has 2 heterocycles. The van der Waals surface area contributed by atoms with Crippen LogP contribution in [0.4, 0.5) is 15.8 Å². The summed E-state index contributed by atoms with van der Waals surface area (Å²) in [6, 6.07) is 3.28. The standard InChI is InChI=1S/C29H37ClFN5O4Si/c1-10-11-21(25-24(39-7)12-13-32-26(25)30)35-22-14-19(20(31)15-23(22)36(37)38)18-16-33-27(34-17-18)29(5,6)40-41(8,9)28(2,3)4/h10,12-17,21,35H,1,11H2,2-9H3/q-1/t21-/m1/s1. The number of ether oxygens (including phenoxy) is 1. The van der Waals surface area contributed by atoms with Crippen LogP contribution in [-0.4, -0.2) is 35.3 Å². The number of anilines is 1. The summed E-state index contributed by atoms with van der Waals surface area (Å²) in [7, 11) is -0.651. The molecule has 0 spiro atoms. The largest absolute Gasteiger partial charge is 0.555 e. The lowest BCUT2D eigenvalue weighted by molar-refractivity contribution is -0.384. The number of nitro benzene ring substituents is 1. The molecule has 0 saturated carbocycles.